The van der Waals surface area contributed by atoms with Crippen LogP contribution < -0.4 is 0 Å². The predicted octanol–water partition coefficient (Wildman–Crippen LogP) is 20.8. The zero-order valence-electron chi connectivity index (χ0n) is 48.1. The largest absolute Gasteiger partial charge is 0.462 e. The van der Waals surface area contributed by atoms with E-state index in [0.717, 1.165) is 135 Å². The molecule has 0 aromatic rings. The molecule has 74 heavy (non-hydrogen) atoms. The highest BCUT2D eigenvalue weighted by Crippen LogP contribution is 2.15. The first kappa shape index (κ1) is 69.8. The van der Waals surface area contributed by atoms with Crippen LogP contribution in [0.2, 0.25) is 0 Å². The van der Waals surface area contributed by atoms with E-state index in [4.69, 9.17) is 14.2 Å². The summed E-state index contributed by atoms with van der Waals surface area (Å²) in [6, 6.07) is 0. The molecule has 0 bridgehead atoms. The second-order valence-electron chi connectivity index (χ2n) is 19.9. The lowest BCUT2D eigenvalue weighted by Gasteiger charge is -2.18. The van der Waals surface area contributed by atoms with Gasteiger partial charge in [-0.3, -0.25) is 14.4 Å². The van der Waals surface area contributed by atoms with Crippen LogP contribution in [0.15, 0.2) is 122 Å². The van der Waals surface area contributed by atoms with Crippen LogP contribution in [-0.2, 0) is 28.6 Å². The zero-order chi connectivity index (χ0) is 53.6. The first-order valence-corrected chi connectivity index (χ1v) is 30.5. The number of carbonyl (C=O) groups excluding carboxylic acids is 3. The minimum atomic E-state index is -0.785. The fraction of sp³-hybridized carbons (Fsp3) is 0.662. The molecule has 6 heteroatoms. The van der Waals surface area contributed by atoms with Gasteiger partial charge in [0, 0.05) is 19.3 Å². The Labute approximate surface area is 456 Å². The van der Waals surface area contributed by atoms with Gasteiger partial charge in [-0.15, -0.1) is 0 Å². The number of hydrogen-bond donors (Lipinski definition) is 0. The van der Waals surface area contributed by atoms with Gasteiger partial charge in [0.15, 0.2) is 6.10 Å². The quantitative estimate of drug-likeness (QED) is 0.0261. The normalized spacial score (nSPS) is 13.0. The van der Waals surface area contributed by atoms with Crippen molar-refractivity contribution in [2.75, 3.05) is 13.2 Å². The second kappa shape index (κ2) is 61.4. The first-order valence-electron chi connectivity index (χ1n) is 30.5. The van der Waals surface area contributed by atoms with Crippen molar-refractivity contribution in [3.05, 3.63) is 122 Å². The Morgan fingerprint density at radius 3 is 0.851 bits per heavy atom. The number of ether oxygens (including phenoxy) is 3. The molecule has 1 unspecified atom stereocenters. The smallest absolute Gasteiger partial charge is 0.306 e. The van der Waals surface area contributed by atoms with Crippen molar-refractivity contribution < 1.29 is 28.6 Å². The lowest BCUT2D eigenvalue weighted by Crippen LogP contribution is -2.30. The third kappa shape index (κ3) is 58.7. The highest BCUT2D eigenvalue weighted by atomic mass is 16.6. The minimum Gasteiger partial charge on any atom is -0.462 e. The summed E-state index contributed by atoms with van der Waals surface area (Å²) in [5, 5.41) is 0. The van der Waals surface area contributed by atoms with Crippen LogP contribution in [0.4, 0.5) is 0 Å². The monoisotopic (exact) mass is 1020 g/mol. The lowest BCUT2D eigenvalue weighted by molar-refractivity contribution is -0.167. The molecule has 0 aliphatic carbocycles. The molecule has 6 nitrogen and oxygen atoms in total. The van der Waals surface area contributed by atoms with Gasteiger partial charge in [-0.1, -0.05) is 258 Å². The molecule has 0 aromatic carbocycles. The van der Waals surface area contributed by atoms with Crippen molar-refractivity contribution in [2.24, 2.45) is 0 Å². The third-order valence-electron chi connectivity index (χ3n) is 12.7. The molecule has 0 spiro atoms. The molecule has 0 saturated carbocycles. The van der Waals surface area contributed by atoms with E-state index < -0.39 is 6.10 Å². The van der Waals surface area contributed by atoms with Gasteiger partial charge >= 0.3 is 17.9 Å². The van der Waals surface area contributed by atoms with Crippen LogP contribution >= 0.6 is 0 Å². The number of rotatable bonds is 54. The minimum absolute atomic E-state index is 0.0853. The molecule has 0 rings (SSSR count). The molecule has 1 atom stereocenters. The van der Waals surface area contributed by atoms with Crippen LogP contribution in [0.3, 0.4) is 0 Å². The molecule has 0 saturated heterocycles. The summed E-state index contributed by atoms with van der Waals surface area (Å²) in [6.45, 7) is 6.42. The number of allylic oxidation sites excluding steroid dienone is 20. The number of unbranched alkanes of at least 4 members (excludes halogenated alkanes) is 23. The number of carbonyl (C=O) groups is 3. The fourth-order valence-corrected chi connectivity index (χ4v) is 8.13. The van der Waals surface area contributed by atoms with Gasteiger partial charge in [0.25, 0.3) is 0 Å². The van der Waals surface area contributed by atoms with E-state index in [2.05, 4.69) is 142 Å². The number of hydrogen-bond acceptors (Lipinski definition) is 6. The van der Waals surface area contributed by atoms with E-state index >= 15 is 0 Å². The fourth-order valence-electron chi connectivity index (χ4n) is 8.13. The molecular formula is C68H112O6. The van der Waals surface area contributed by atoms with Crippen molar-refractivity contribution in [1.82, 2.24) is 0 Å². The zero-order valence-corrected chi connectivity index (χ0v) is 48.1. The van der Waals surface area contributed by atoms with E-state index in [9.17, 15) is 14.4 Å². The van der Waals surface area contributed by atoms with Crippen LogP contribution in [0.25, 0.3) is 0 Å². The molecule has 0 N–H and O–H groups in total. The van der Waals surface area contributed by atoms with Gasteiger partial charge in [0.05, 0.1) is 0 Å². The highest BCUT2D eigenvalue weighted by molar-refractivity contribution is 5.71. The maximum atomic E-state index is 12.8. The Morgan fingerprint density at radius 2 is 0.527 bits per heavy atom. The van der Waals surface area contributed by atoms with E-state index in [1.165, 1.54) is 96.3 Å². The van der Waals surface area contributed by atoms with E-state index in [1.54, 1.807) is 0 Å². The topological polar surface area (TPSA) is 78.9 Å². The summed E-state index contributed by atoms with van der Waals surface area (Å²) >= 11 is 0. The highest BCUT2D eigenvalue weighted by Gasteiger charge is 2.19. The molecule has 0 aliphatic rings. The molecule has 420 valence electrons. The molecule has 0 radical (unpaired) electrons. The van der Waals surface area contributed by atoms with Crippen molar-refractivity contribution in [1.29, 1.82) is 0 Å². The van der Waals surface area contributed by atoms with Gasteiger partial charge in [-0.05, 0) is 116 Å². The van der Waals surface area contributed by atoms with Crippen molar-refractivity contribution >= 4 is 17.9 Å². The van der Waals surface area contributed by atoms with Crippen LogP contribution in [0.1, 0.15) is 271 Å². The molecule has 0 amide bonds. The average Bonchev–Trinajstić information content (AvgIpc) is 3.40. The molecular weight excluding hydrogens is 913 g/mol. The predicted molar refractivity (Wildman–Crippen MR) is 320 cm³/mol. The Morgan fingerprint density at radius 1 is 0.284 bits per heavy atom. The summed E-state index contributed by atoms with van der Waals surface area (Å²) in [5.74, 6) is -0.914. The lowest BCUT2D eigenvalue weighted by atomic mass is 10.1. The third-order valence-corrected chi connectivity index (χ3v) is 12.7. The van der Waals surface area contributed by atoms with Gasteiger partial charge in [0.2, 0.25) is 0 Å². The molecule has 0 fully saturated rings. The van der Waals surface area contributed by atoms with E-state index in [0.29, 0.717) is 19.3 Å². The number of esters is 3. The Balaban J connectivity index is 4.07. The Hall–Kier alpha value is -4.19. The van der Waals surface area contributed by atoms with Crippen molar-refractivity contribution in [2.45, 2.75) is 277 Å². The van der Waals surface area contributed by atoms with Gasteiger partial charge in [-0.25, -0.2) is 0 Å². The SMILES string of the molecule is CC/C=C\C/C=C\C/C=C\C/C=C\C/C=C\C/C=C\C/C=C\C/C=C\CCCCCCCCCCCCC(=O)OCC(COC(=O)CCCCCCCC)OC(=O)CCCCCCC/C=C\C/C=C\CCCCC. The van der Waals surface area contributed by atoms with Gasteiger partial charge < -0.3 is 14.2 Å². The summed E-state index contributed by atoms with van der Waals surface area (Å²) in [7, 11) is 0. The first-order chi connectivity index (χ1) is 36.5. The molecule has 0 aliphatic heterocycles. The van der Waals surface area contributed by atoms with Crippen LogP contribution in [0.5, 0.6) is 0 Å². The van der Waals surface area contributed by atoms with E-state index in [1.807, 2.05) is 0 Å². The van der Waals surface area contributed by atoms with Crippen molar-refractivity contribution in [3.8, 4) is 0 Å². The maximum Gasteiger partial charge on any atom is 0.306 e. The van der Waals surface area contributed by atoms with Gasteiger partial charge in [-0.2, -0.15) is 0 Å². The van der Waals surface area contributed by atoms with Crippen LogP contribution in [0, 0.1) is 0 Å². The Kier molecular flexibility index (Phi) is 57.9. The van der Waals surface area contributed by atoms with Crippen LogP contribution in [-0.4, -0.2) is 37.2 Å². The summed E-state index contributed by atoms with van der Waals surface area (Å²) in [4.78, 5) is 37.9. The van der Waals surface area contributed by atoms with Gasteiger partial charge in [0.1, 0.15) is 13.2 Å². The second-order valence-corrected chi connectivity index (χ2v) is 19.9. The molecule has 0 heterocycles. The maximum absolute atomic E-state index is 12.8. The molecule has 0 aromatic heterocycles. The van der Waals surface area contributed by atoms with Crippen molar-refractivity contribution in [3.63, 3.8) is 0 Å². The summed E-state index contributed by atoms with van der Waals surface area (Å²) in [6.07, 6.45) is 85.2. The average molecular weight is 1030 g/mol. The Bertz CT molecular complexity index is 1550. The summed E-state index contributed by atoms with van der Waals surface area (Å²) in [5.41, 5.74) is 0. The summed E-state index contributed by atoms with van der Waals surface area (Å²) < 4.78 is 16.7. The standard InChI is InChI=1S/C68H112O6/c1-4-7-10-13-16-18-20-22-24-25-26-27-28-29-30-31-32-33-34-35-36-37-38-39-40-41-42-43-45-46-48-50-52-55-58-61-67(70)73-64-65(63-72-66(69)60-57-54-15-12-9-6-3)74-68(71)62-59-56-53-51-49-47-44-23-21-19-17-14-11-8-5-2/h7,10,16-19,22-24,26-27,29-30,32-33,35-36,38-39,44,65H,4-6,8-9,11-15,20-21,25,28,31,34,37,40-43,45-64H2,1-3H3/b10-7-,18-16-,19-17-,24-22-,27-26-,30-29-,33-32-,36-35-,39-38-,44-23-. The van der Waals surface area contributed by atoms with E-state index in [-0.39, 0.29) is 31.1 Å².